The van der Waals surface area contributed by atoms with Gasteiger partial charge in [-0.1, -0.05) is 0 Å². The number of furan rings is 1. The highest BCUT2D eigenvalue weighted by atomic mass is 16.3. The molecule has 5 nitrogen and oxygen atoms in total. The second-order valence-corrected chi connectivity index (χ2v) is 4.33. The fourth-order valence-electron chi connectivity index (χ4n) is 1.82. The second kappa shape index (κ2) is 6.26. The molecule has 1 atom stereocenters. The van der Waals surface area contributed by atoms with Gasteiger partial charge in [0.2, 0.25) is 0 Å². The minimum Gasteiger partial charge on any atom is -0.464 e. The van der Waals surface area contributed by atoms with Crippen LogP contribution in [0.5, 0.6) is 0 Å². The van der Waals surface area contributed by atoms with Gasteiger partial charge in [0.05, 0.1) is 19.0 Å². The van der Waals surface area contributed by atoms with Gasteiger partial charge in [0.1, 0.15) is 5.76 Å². The van der Waals surface area contributed by atoms with Crippen LogP contribution in [0, 0.1) is 0 Å². The molecule has 102 valence electrons. The normalized spacial score (nSPS) is 12.3. The molecular weight excluding hydrogens is 244 g/mol. The maximum absolute atomic E-state index is 9.30. The lowest BCUT2D eigenvalue weighted by Crippen LogP contribution is -2.17. The molecule has 19 heavy (non-hydrogen) atoms. The zero-order valence-electron chi connectivity index (χ0n) is 10.5. The number of aliphatic hydroxyl groups is 2. The number of anilines is 2. The summed E-state index contributed by atoms with van der Waals surface area (Å²) in [6.07, 6.45) is 1.38. The van der Waals surface area contributed by atoms with Gasteiger partial charge in [0, 0.05) is 23.5 Å². The van der Waals surface area contributed by atoms with Crippen LogP contribution in [-0.2, 0) is 0 Å². The summed E-state index contributed by atoms with van der Waals surface area (Å²) in [5, 5.41) is 21.3. The van der Waals surface area contributed by atoms with E-state index in [1.165, 1.54) is 0 Å². The van der Waals surface area contributed by atoms with Crippen LogP contribution >= 0.6 is 0 Å². The number of aliphatic hydroxyl groups excluding tert-OH is 2. The molecule has 2 aromatic rings. The summed E-state index contributed by atoms with van der Waals surface area (Å²) in [5.41, 5.74) is 8.21. The van der Waals surface area contributed by atoms with Crippen molar-refractivity contribution in [2.24, 2.45) is 0 Å². The van der Waals surface area contributed by atoms with Gasteiger partial charge in [-0.2, -0.15) is 0 Å². The van der Waals surface area contributed by atoms with Crippen molar-refractivity contribution >= 4 is 11.4 Å². The quantitative estimate of drug-likeness (QED) is 0.595. The number of nitrogens with two attached hydrogens (primary N) is 1. The van der Waals surface area contributed by atoms with Crippen LogP contribution in [0.1, 0.15) is 6.42 Å². The van der Waals surface area contributed by atoms with Crippen LogP contribution in [-0.4, -0.2) is 29.5 Å². The minimum atomic E-state index is -0.701. The molecule has 0 amide bonds. The lowest BCUT2D eigenvalue weighted by atomic mass is 10.1. The third kappa shape index (κ3) is 3.49. The summed E-state index contributed by atoms with van der Waals surface area (Å²) in [6, 6.07) is 9.19. The Morgan fingerprint density at radius 2 is 2.16 bits per heavy atom. The van der Waals surface area contributed by atoms with Crippen LogP contribution in [0.25, 0.3) is 11.3 Å². The number of hydrogen-bond donors (Lipinski definition) is 4. The summed E-state index contributed by atoms with van der Waals surface area (Å²) in [7, 11) is 0. The molecule has 1 heterocycles. The maximum atomic E-state index is 9.30. The maximum Gasteiger partial charge on any atom is 0.136 e. The van der Waals surface area contributed by atoms with Gasteiger partial charge in [-0.3, -0.25) is 0 Å². The SMILES string of the molecule is Nc1ccc(NCCC(O)CO)c(-c2ccco2)c1. The van der Waals surface area contributed by atoms with Crippen molar-refractivity contribution < 1.29 is 14.6 Å². The molecule has 0 bridgehead atoms. The molecular formula is C14H18N2O3. The average Bonchev–Trinajstić information content (AvgIpc) is 2.94. The molecule has 1 unspecified atom stereocenters. The molecule has 0 aliphatic carbocycles. The van der Waals surface area contributed by atoms with Crippen molar-refractivity contribution in [1.29, 1.82) is 0 Å². The fraction of sp³-hybridized carbons (Fsp3) is 0.286. The van der Waals surface area contributed by atoms with Crippen LogP contribution < -0.4 is 11.1 Å². The molecule has 0 saturated carbocycles. The molecule has 1 aromatic heterocycles. The summed E-state index contributed by atoms with van der Waals surface area (Å²) in [5.74, 6) is 0.734. The fourth-order valence-corrected chi connectivity index (χ4v) is 1.82. The highest BCUT2D eigenvalue weighted by Gasteiger charge is 2.09. The number of rotatable bonds is 6. The van der Waals surface area contributed by atoms with E-state index in [1.54, 1.807) is 12.3 Å². The van der Waals surface area contributed by atoms with Gasteiger partial charge in [-0.25, -0.2) is 0 Å². The third-order valence-corrected chi connectivity index (χ3v) is 2.83. The third-order valence-electron chi connectivity index (χ3n) is 2.83. The Kier molecular flexibility index (Phi) is 4.43. The molecule has 0 aliphatic heterocycles. The standard InChI is InChI=1S/C14H18N2O3/c15-10-3-4-13(16-6-5-11(18)9-17)12(8-10)14-2-1-7-19-14/h1-4,7-8,11,16-18H,5-6,9,15H2. The number of hydrogen-bond acceptors (Lipinski definition) is 5. The molecule has 0 fully saturated rings. The van der Waals surface area contributed by atoms with Gasteiger partial charge < -0.3 is 25.7 Å². The molecule has 2 rings (SSSR count). The number of nitrogen functional groups attached to an aromatic ring is 1. The lowest BCUT2D eigenvalue weighted by Gasteiger charge is -2.13. The van der Waals surface area contributed by atoms with Crippen molar-refractivity contribution in [3.05, 3.63) is 36.6 Å². The van der Waals surface area contributed by atoms with E-state index >= 15 is 0 Å². The Bertz CT molecular complexity index is 511. The Hall–Kier alpha value is -1.98. The Morgan fingerprint density at radius 3 is 2.84 bits per heavy atom. The van der Waals surface area contributed by atoms with Crippen molar-refractivity contribution in [3.8, 4) is 11.3 Å². The van der Waals surface area contributed by atoms with Gasteiger partial charge in [0.25, 0.3) is 0 Å². The van der Waals surface area contributed by atoms with E-state index < -0.39 is 6.10 Å². The number of benzene rings is 1. The topological polar surface area (TPSA) is 91.7 Å². The van der Waals surface area contributed by atoms with Gasteiger partial charge in [-0.15, -0.1) is 0 Å². The Morgan fingerprint density at radius 1 is 1.32 bits per heavy atom. The van der Waals surface area contributed by atoms with Gasteiger partial charge in [-0.05, 0) is 36.8 Å². The van der Waals surface area contributed by atoms with Crippen molar-refractivity contribution in [2.75, 3.05) is 24.2 Å². The summed E-state index contributed by atoms with van der Waals surface area (Å²) in [6.45, 7) is 0.327. The molecule has 0 spiro atoms. The van der Waals surface area contributed by atoms with Crippen LogP contribution in [0.4, 0.5) is 11.4 Å². The monoisotopic (exact) mass is 262 g/mol. The minimum absolute atomic E-state index is 0.228. The van der Waals surface area contributed by atoms with E-state index in [9.17, 15) is 5.11 Å². The highest BCUT2D eigenvalue weighted by Crippen LogP contribution is 2.30. The van der Waals surface area contributed by atoms with E-state index in [0.717, 1.165) is 17.0 Å². The van der Waals surface area contributed by atoms with E-state index in [1.807, 2.05) is 24.3 Å². The first-order chi connectivity index (χ1) is 9.20. The van der Waals surface area contributed by atoms with Crippen LogP contribution in [0.3, 0.4) is 0 Å². The first-order valence-electron chi connectivity index (χ1n) is 6.17. The van der Waals surface area contributed by atoms with E-state index in [2.05, 4.69) is 5.32 Å². The predicted molar refractivity (Wildman–Crippen MR) is 74.8 cm³/mol. The molecule has 1 aromatic carbocycles. The molecule has 0 aliphatic rings. The Balaban J connectivity index is 2.12. The average molecular weight is 262 g/mol. The van der Waals surface area contributed by atoms with Crippen LogP contribution in [0.2, 0.25) is 0 Å². The van der Waals surface area contributed by atoms with E-state index in [4.69, 9.17) is 15.3 Å². The number of nitrogens with one attached hydrogen (secondary N) is 1. The first-order valence-corrected chi connectivity index (χ1v) is 6.17. The van der Waals surface area contributed by atoms with Crippen molar-refractivity contribution in [3.63, 3.8) is 0 Å². The van der Waals surface area contributed by atoms with E-state index in [-0.39, 0.29) is 6.61 Å². The largest absolute Gasteiger partial charge is 0.464 e. The van der Waals surface area contributed by atoms with Gasteiger partial charge in [0.15, 0.2) is 0 Å². The van der Waals surface area contributed by atoms with Crippen LogP contribution in [0.15, 0.2) is 41.0 Å². The van der Waals surface area contributed by atoms with Gasteiger partial charge >= 0.3 is 0 Å². The molecule has 0 radical (unpaired) electrons. The Labute approximate surface area is 111 Å². The molecule has 0 saturated heterocycles. The van der Waals surface area contributed by atoms with Crippen molar-refractivity contribution in [1.82, 2.24) is 0 Å². The molecule has 5 N–H and O–H groups in total. The smallest absolute Gasteiger partial charge is 0.136 e. The zero-order chi connectivity index (χ0) is 13.7. The molecule has 5 heteroatoms. The predicted octanol–water partition coefficient (Wildman–Crippen LogP) is 1.68. The second-order valence-electron chi connectivity index (χ2n) is 4.33. The van der Waals surface area contributed by atoms with E-state index in [0.29, 0.717) is 18.7 Å². The lowest BCUT2D eigenvalue weighted by molar-refractivity contribution is 0.0911. The highest BCUT2D eigenvalue weighted by molar-refractivity contribution is 5.77. The van der Waals surface area contributed by atoms with Crippen molar-refractivity contribution in [2.45, 2.75) is 12.5 Å². The summed E-state index contributed by atoms with van der Waals surface area (Å²) < 4.78 is 5.38. The first kappa shape index (κ1) is 13.5. The zero-order valence-corrected chi connectivity index (χ0v) is 10.5. The summed E-state index contributed by atoms with van der Waals surface area (Å²) >= 11 is 0. The summed E-state index contributed by atoms with van der Waals surface area (Å²) in [4.78, 5) is 0.